The molecule has 20 heavy (non-hydrogen) atoms. The van der Waals surface area contributed by atoms with E-state index in [-0.39, 0.29) is 11.8 Å². The lowest BCUT2D eigenvalue weighted by Crippen LogP contribution is -2.32. The highest BCUT2D eigenvalue weighted by atomic mass is 16.5. The molecule has 1 aliphatic rings. The second kappa shape index (κ2) is 6.09. The third-order valence-corrected chi connectivity index (χ3v) is 3.86. The average Bonchev–Trinajstić information content (AvgIpc) is 3.13. The highest BCUT2D eigenvalue weighted by Crippen LogP contribution is 2.15. The van der Waals surface area contributed by atoms with Gasteiger partial charge in [0.05, 0.1) is 12.5 Å². The lowest BCUT2D eigenvalue weighted by Gasteiger charge is -2.10. The number of fused-ring (bicyclic) bond motifs is 1. The van der Waals surface area contributed by atoms with E-state index < -0.39 is 0 Å². The quantitative estimate of drug-likeness (QED) is 0.848. The van der Waals surface area contributed by atoms with E-state index in [0.717, 1.165) is 25.9 Å². The van der Waals surface area contributed by atoms with Crippen LogP contribution in [0.3, 0.4) is 0 Å². The van der Waals surface area contributed by atoms with Gasteiger partial charge < -0.3 is 14.6 Å². The minimum atomic E-state index is 0.0578. The maximum absolute atomic E-state index is 11.8. The molecule has 1 atom stereocenters. The number of carbonyl (C=O) groups excluding carboxylic acids is 1. The Hall–Kier alpha value is -1.81. The highest BCUT2D eigenvalue weighted by Gasteiger charge is 2.22. The lowest BCUT2D eigenvalue weighted by molar-refractivity contribution is -0.124. The summed E-state index contributed by atoms with van der Waals surface area (Å²) < 4.78 is 7.46. The molecule has 0 bridgehead atoms. The number of para-hydroxylation sites is 1. The molecule has 1 aliphatic heterocycles. The van der Waals surface area contributed by atoms with Gasteiger partial charge in [0.25, 0.3) is 0 Å². The summed E-state index contributed by atoms with van der Waals surface area (Å²) in [5.41, 5.74) is 1.25. The molecule has 4 nitrogen and oxygen atoms in total. The summed E-state index contributed by atoms with van der Waals surface area (Å²) in [6.07, 6.45) is 3.91. The fourth-order valence-electron chi connectivity index (χ4n) is 2.68. The minimum absolute atomic E-state index is 0.0578. The Labute approximate surface area is 118 Å². The summed E-state index contributed by atoms with van der Waals surface area (Å²) in [4.78, 5) is 11.8. The van der Waals surface area contributed by atoms with Crippen LogP contribution in [0.25, 0.3) is 10.9 Å². The minimum Gasteiger partial charge on any atom is -0.381 e. The average molecular weight is 272 g/mol. The van der Waals surface area contributed by atoms with Crippen molar-refractivity contribution < 1.29 is 9.53 Å². The van der Waals surface area contributed by atoms with Crippen molar-refractivity contribution in [2.24, 2.45) is 5.92 Å². The second-order valence-corrected chi connectivity index (χ2v) is 5.27. The third-order valence-electron chi connectivity index (χ3n) is 3.86. The predicted molar refractivity (Wildman–Crippen MR) is 78.5 cm³/mol. The van der Waals surface area contributed by atoms with Gasteiger partial charge in [0, 0.05) is 31.4 Å². The zero-order chi connectivity index (χ0) is 13.8. The largest absolute Gasteiger partial charge is 0.381 e. The maximum atomic E-state index is 11.8. The fourth-order valence-corrected chi connectivity index (χ4v) is 2.68. The van der Waals surface area contributed by atoms with Crippen molar-refractivity contribution in [1.82, 2.24) is 9.88 Å². The predicted octanol–water partition coefficient (Wildman–Crippen LogP) is 2.18. The van der Waals surface area contributed by atoms with Crippen LogP contribution in [0.4, 0.5) is 0 Å². The van der Waals surface area contributed by atoms with Crippen molar-refractivity contribution in [1.29, 1.82) is 0 Å². The molecule has 0 aliphatic carbocycles. The Bertz CT molecular complexity index is 585. The molecule has 0 spiro atoms. The molecule has 1 aromatic heterocycles. The first-order valence-electron chi connectivity index (χ1n) is 7.24. The summed E-state index contributed by atoms with van der Waals surface area (Å²) in [6, 6.07) is 10.5. The molecule has 1 aromatic carbocycles. The summed E-state index contributed by atoms with van der Waals surface area (Å²) in [5.74, 6) is 0.197. The number of rotatable bonds is 5. The number of benzene rings is 1. The molecule has 0 unspecified atom stereocenters. The van der Waals surface area contributed by atoms with Gasteiger partial charge in [-0.3, -0.25) is 4.79 Å². The van der Waals surface area contributed by atoms with Crippen molar-refractivity contribution in [3.05, 3.63) is 36.5 Å². The van der Waals surface area contributed by atoms with Crippen LogP contribution in [0.15, 0.2) is 36.5 Å². The lowest BCUT2D eigenvalue weighted by atomic mass is 10.1. The Morgan fingerprint density at radius 3 is 3.10 bits per heavy atom. The summed E-state index contributed by atoms with van der Waals surface area (Å²) >= 11 is 0. The number of amides is 1. The number of aryl methyl sites for hydroxylation is 1. The van der Waals surface area contributed by atoms with Gasteiger partial charge in [-0.25, -0.2) is 0 Å². The van der Waals surface area contributed by atoms with Gasteiger partial charge in [0.15, 0.2) is 0 Å². The van der Waals surface area contributed by atoms with Crippen LogP contribution in [-0.2, 0) is 16.1 Å². The van der Waals surface area contributed by atoms with Crippen molar-refractivity contribution in [3.8, 4) is 0 Å². The Morgan fingerprint density at radius 1 is 1.35 bits per heavy atom. The van der Waals surface area contributed by atoms with Crippen LogP contribution >= 0.6 is 0 Å². The van der Waals surface area contributed by atoms with Crippen molar-refractivity contribution in [2.75, 3.05) is 19.8 Å². The summed E-state index contributed by atoms with van der Waals surface area (Å²) in [6.45, 7) is 2.94. The number of aromatic nitrogens is 1. The van der Waals surface area contributed by atoms with Gasteiger partial charge in [0.2, 0.25) is 5.91 Å². The zero-order valence-corrected chi connectivity index (χ0v) is 11.5. The van der Waals surface area contributed by atoms with Gasteiger partial charge in [-0.05, 0) is 30.4 Å². The molecule has 4 heteroatoms. The van der Waals surface area contributed by atoms with Crippen LogP contribution in [0, 0.1) is 5.92 Å². The monoisotopic (exact) mass is 272 g/mol. The van der Waals surface area contributed by atoms with Gasteiger partial charge >= 0.3 is 0 Å². The molecular formula is C16H20N2O2. The first-order chi connectivity index (χ1) is 9.84. The van der Waals surface area contributed by atoms with Gasteiger partial charge in [0.1, 0.15) is 0 Å². The van der Waals surface area contributed by atoms with Crippen molar-refractivity contribution in [3.63, 3.8) is 0 Å². The first-order valence-corrected chi connectivity index (χ1v) is 7.24. The van der Waals surface area contributed by atoms with E-state index in [1.165, 1.54) is 10.9 Å². The van der Waals surface area contributed by atoms with Crippen LogP contribution in [0.2, 0.25) is 0 Å². The van der Waals surface area contributed by atoms with Crippen LogP contribution in [0.1, 0.15) is 12.8 Å². The van der Waals surface area contributed by atoms with E-state index >= 15 is 0 Å². The molecule has 106 valence electrons. The SMILES string of the molecule is O=C(NCCCn1ccc2ccccc21)[C@@H]1CCOC1. The van der Waals surface area contributed by atoms with E-state index in [1.54, 1.807) is 0 Å². The number of hydrogen-bond acceptors (Lipinski definition) is 2. The number of carbonyl (C=O) groups is 1. The van der Waals surface area contributed by atoms with E-state index in [0.29, 0.717) is 13.2 Å². The Kier molecular flexibility index (Phi) is 4.02. The molecule has 2 aromatic rings. The van der Waals surface area contributed by atoms with Crippen molar-refractivity contribution >= 4 is 16.8 Å². The molecule has 1 amide bonds. The molecule has 2 heterocycles. The normalized spacial score (nSPS) is 18.5. The third kappa shape index (κ3) is 2.85. The van der Waals surface area contributed by atoms with Crippen molar-refractivity contribution in [2.45, 2.75) is 19.4 Å². The van der Waals surface area contributed by atoms with E-state index in [2.05, 4.69) is 46.4 Å². The summed E-state index contributed by atoms with van der Waals surface area (Å²) in [5, 5.41) is 4.27. The Morgan fingerprint density at radius 2 is 2.25 bits per heavy atom. The van der Waals surface area contributed by atoms with Crippen LogP contribution in [-0.4, -0.2) is 30.2 Å². The molecule has 1 fully saturated rings. The number of hydrogen-bond donors (Lipinski definition) is 1. The maximum Gasteiger partial charge on any atom is 0.225 e. The number of nitrogens with zero attached hydrogens (tertiary/aromatic N) is 1. The number of nitrogens with one attached hydrogen (secondary N) is 1. The van der Waals surface area contributed by atoms with Gasteiger partial charge in [-0.15, -0.1) is 0 Å². The second-order valence-electron chi connectivity index (χ2n) is 5.27. The van der Waals surface area contributed by atoms with E-state index in [9.17, 15) is 4.79 Å². The smallest absolute Gasteiger partial charge is 0.225 e. The standard InChI is InChI=1S/C16H20N2O2/c19-16(14-7-11-20-12-14)17-8-3-9-18-10-6-13-4-1-2-5-15(13)18/h1-2,4-6,10,14H,3,7-9,11-12H2,(H,17,19)/t14-/m1/s1. The van der Waals surface area contributed by atoms with Crippen LogP contribution in [0.5, 0.6) is 0 Å². The molecule has 1 saturated heterocycles. The number of ether oxygens (including phenoxy) is 1. The summed E-state index contributed by atoms with van der Waals surface area (Å²) in [7, 11) is 0. The first kappa shape index (κ1) is 13.2. The highest BCUT2D eigenvalue weighted by molar-refractivity contribution is 5.80. The fraction of sp³-hybridized carbons (Fsp3) is 0.438. The van der Waals surface area contributed by atoms with E-state index in [1.807, 2.05) is 0 Å². The van der Waals surface area contributed by atoms with Gasteiger partial charge in [-0.2, -0.15) is 0 Å². The molecule has 0 radical (unpaired) electrons. The molecule has 3 rings (SSSR count). The molecule has 1 N–H and O–H groups in total. The van der Waals surface area contributed by atoms with E-state index in [4.69, 9.17) is 4.74 Å². The topological polar surface area (TPSA) is 43.3 Å². The van der Waals surface area contributed by atoms with Crippen LogP contribution < -0.4 is 5.32 Å². The molecule has 0 saturated carbocycles. The van der Waals surface area contributed by atoms with Gasteiger partial charge in [-0.1, -0.05) is 18.2 Å². The zero-order valence-electron chi connectivity index (χ0n) is 11.5. The molecular weight excluding hydrogens is 252 g/mol. The Balaban J connectivity index is 1.47.